The Balaban J connectivity index is 2.08. The summed E-state index contributed by atoms with van der Waals surface area (Å²) in [6, 6.07) is 5.19. The third-order valence-corrected chi connectivity index (χ3v) is 2.88. The van der Waals surface area contributed by atoms with Gasteiger partial charge in [-0.25, -0.2) is 4.79 Å². The monoisotopic (exact) mass is 362 g/mol. The third-order valence-electron chi connectivity index (χ3n) is 2.88. The van der Waals surface area contributed by atoms with Crippen LogP contribution in [0.15, 0.2) is 18.2 Å². The molecule has 0 fully saturated rings. The van der Waals surface area contributed by atoms with Gasteiger partial charge < -0.3 is 24.8 Å². The van der Waals surface area contributed by atoms with Gasteiger partial charge >= 0.3 is 12.0 Å². The fourth-order valence-electron chi connectivity index (χ4n) is 1.84. The molecule has 0 spiro atoms. The van der Waals surface area contributed by atoms with Crippen molar-refractivity contribution in [2.75, 3.05) is 30.9 Å². The van der Waals surface area contributed by atoms with Crippen molar-refractivity contribution in [1.29, 1.82) is 0 Å². The lowest BCUT2D eigenvalue weighted by atomic mass is 10.4. The maximum atomic E-state index is 11.0. The summed E-state index contributed by atoms with van der Waals surface area (Å²) >= 11 is 0. The van der Waals surface area contributed by atoms with Crippen LogP contribution in [0.1, 0.15) is 20.8 Å². The number of carbonyl (C=O) groups is 1. The van der Waals surface area contributed by atoms with Crippen LogP contribution in [0.2, 0.25) is 0 Å². The lowest BCUT2D eigenvalue weighted by Gasteiger charge is -2.12. The molecule has 0 atom stereocenters. The van der Waals surface area contributed by atoms with Crippen molar-refractivity contribution in [2.24, 2.45) is 0 Å². The predicted molar refractivity (Wildman–Crippen MR) is 94.6 cm³/mol. The molecular formula is C16H22N6O4. The highest BCUT2D eigenvalue weighted by atomic mass is 16.6. The van der Waals surface area contributed by atoms with Gasteiger partial charge in [-0.3, -0.25) is 0 Å². The average Bonchev–Trinajstić information content (AvgIpc) is 2.60. The van der Waals surface area contributed by atoms with E-state index in [0.717, 1.165) is 0 Å². The van der Waals surface area contributed by atoms with Gasteiger partial charge in [0.1, 0.15) is 11.6 Å². The van der Waals surface area contributed by atoms with Crippen LogP contribution in [0.25, 0.3) is 0 Å². The van der Waals surface area contributed by atoms with E-state index in [1.165, 1.54) is 13.2 Å². The third kappa shape index (κ3) is 6.04. The van der Waals surface area contributed by atoms with Gasteiger partial charge in [0.2, 0.25) is 11.8 Å². The van der Waals surface area contributed by atoms with Gasteiger partial charge in [0.15, 0.2) is 6.61 Å². The van der Waals surface area contributed by atoms with Crippen LogP contribution in [0.4, 0.5) is 11.6 Å². The Morgan fingerprint density at radius 3 is 2.46 bits per heavy atom. The number of nitrogens with one attached hydrogen (secondary N) is 2. The van der Waals surface area contributed by atoms with Crippen molar-refractivity contribution in [3.8, 4) is 17.8 Å². The molecule has 26 heavy (non-hydrogen) atoms. The predicted octanol–water partition coefficient (Wildman–Crippen LogP) is 1.86. The molecule has 0 aliphatic heterocycles. The number of carbonyl (C=O) groups excluding carboxylic acids is 1. The molecule has 10 heteroatoms. The molecule has 0 bridgehead atoms. The smallest absolute Gasteiger partial charge is 0.343 e. The van der Waals surface area contributed by atoms with Crippen LogP contribution in [0.5, 0.6) is 17.8 Å². The van der Waals surface area contributed by atoms with Crippen molar-refractivity contribution < 1.29 is 19.0 Å². The molecule has 2 aromatic heterocycles. The van der Waals surface area contributed by atoms with Gasteiger partial charge in [-0.1, -0.05) is 0 Å². The minimum atomic E-state index is -0.508. The highest BCUT2D eigenvalue weighted by Crippen LogP contribution is 2.21. The molecule has 0 aromatic carbocycles. The van der Waals surface area contributed by atoms with Crippen LogP contribution in [-0.2, 0) is 9.53 Å². The molecule has 140 valence electrons. The number of aromatic nitrogens is 4. The van der Waals surface area contributed by atoms with E-state index in [1.54, 1.807) is 12.1 Å². The molecule has 0 aliphatic carbocycles. The number of nitrogens with zero attached hydrogens (tertiary/aromatic N) is 4. The number of anilines is 2. The first-order valence-corrected chi connectivity index (χ1v) is 8.10. The molecule has 0 aliphatic rings. The van der Waals surface area contributed by atoms with Gasteiger partial charge in [0.05, 0.1) is 7.11 Å². The van der Waals surface area contributed by atoms with Crippen molar-refractivity contribution in [1.82, 2.24) is 20.2 Å². The summed E-state index contributed by atoms with van der Waals surface area (Å²) in [4.78, 5) is 19.6. The second-order valence-electron chi connectivity index (χ2n) is 5.43. The van der Waals surface area contributed by atoms with Crippen LogP contribution in [-0.4, -0.2) is 52.4 Å². The van der Waals surface area contributed by atoms with E-state index in [2.05, 4.69) is 35.5 Å². The Labute approximate surface area is 151 Å². The van der Waals surface area contributed by atoms with E-state index in [4.69, 9.17) is 9.47 Å². The van der Waals surface area contributed by atoms with Crippen molar-refractivity contribution in [2.45, 2.75) is 26.8 Å². The molecule has 0 amide bonds. The Hall–Kier alpha value is -3.17. The van der Waals surface area contributed by atoms with E-state index in [0.29, 0.717) is 18.2 Å². The Morgan fingerprint density at radius 2 is 1.85 bits per heavy atom. The molecular weight excluding hydrogens is 340 g/mol. The van der Waals surface area contributed by atoms with Crippen LogP contribution < -0.4 is 20.1 Å². The van der Waals surface area contributed by atoms with E-state index in [-0.39, 0.29) is 30.4 Å². The summed E-state index contributed by atoms with van der Waals surface area (Å²) in [6.07, 6.45) is 0. The highest BCUT2D eigenvalue weighted by Gasteiger charge is 2.10. The Kier molecular flexibility index (Phi) is 6.89. The summed E-state index contributed by atoms with van der Waals surface area (Å²) in [5.41, 5.74) is 0. The molecule has 2 aromatic rings. The van der Waals surface area contributed by atoms with Gasteiger partial charge in [-0.05, 0) is 20.8 Å². The van der Waals surface area contributed by atoms with Crippen LogP contribution in [0, 0.1) is 0 Å². The summed E-state index contributed by atoms with van der Waals surface area (Å²) in [5, 5.41) is 14.0. The van der Waals surface area contributed by atoms with Gasteiger partial charge in [0, 0.05) is 30.8 Å². The Morgan fingerprint density at radius 1 is 1.15 bits per heavy atom. The fraction of sp³-hybridized carbons (Fsp3) is 0.438. The first kappa shape index (κ1) is 19.2. The van der Waals surface area contributed by atoms with Crippen molar-refractivity contribution in [3.63, 3.8) is 0 Å². The number of esters is 1. The van der Waals surface area contributed by atoms with Crippen molar-refractivity contribution >= 4 is 17.6 Å². The van der Waals surface area contributed by atoms with E-state index in [1.807, 2.05) is 20.8 Å². The summed E-state index contributed by atoms with van der Waals surface area (Å²) in [5.74, 6) is 1.12. The molecule has 2 heterocycles. The molecule has 2 rings (SSSR count). The average molecular weight is 362 g/mol. The van der Waals surface area contributed by atoms with Gasteiger partial charge in [-0.2, -0.15) is 9.97 Å². The number of ether oxygens (including phenoxy) is 3. The molecule has 0 unspecified atom stereocenters. The summed E-state index contributed by atoms with van der Waals surface area (Å²) in [7, 11) is 1.28. The fourth-order valence-corrected chi connectivity index (χ4v) is 1.84. The normalized spacial score (nSPS) is 10.3. The maximum absolute atomic E-state index is 11.0. The first-order valence-electron chi connectivity index (χ1n) is 8.10. The molecule has 2 N–H and O–H groups in total. The minimum absolute atomic E-state index is 0.129. The molecule has 10 nitrogen and oxygen atoms in total. The zero-order chi connectivity index (χ0) is 18.9. The SMILES string of the molecule is CCNc1cc(NC(C)C)nc(Oc2ccc(OCC(=O)OC)nn2)n1. The zero-order valence-corrected chi connectivity index (χ0v) is 15.1. The first-order chi connectivity index (χ1) is 12.5. The lowest BCUT2D eigenvalue weighted by Crippen LogP contribution is -2.13. The summed E-state index contributed by atoms with van der Waals surface area (Å²) < 4.78 is 15.2. The molecule has 0 saturated carbocycles. The van der Waals surface area contributed by atoms with Crippen molar-refractivity contribution in [3.05, 3.63) is 18.2 Å². The second-order valence-corrected chi connectivity index (χ2v) is 5.43. The van der Waals surface area contributed by atoms with Gasteiger partial charge in [-0.15, -0.1) is 10.2 Å². The Bertz CT molecular complexity index is 723. The van der Waals surface area contributed by atoms with E-state index < -0.39 is 5.97 Å². The topological polar surface area (TPSA) is 120 Å². The number of hydrogen-bond donors (Lipinski definition) is 2. The highest BCUT2D eigenvalue weighted by molar-refractivity contribution is 5.70. The number of hydrogen-bond acceptors (Lipinski definition) is 10. The van der Waals surface area contributed by atoms with Gasteiger partial charge in [0.25, 0.3) is 0 Å². The molecule has 0 radical (unpaired) electrons. The quantitative estimate of drug-likeness (QED) is 0.639. The van der Waals surface area contributed by atoms with Crippen LogP contribution in [0.3, 0.4) is 0 Å². The maximum Gasteiger partial charge on any atom is 0.343 e. The van der Waals surface area contributed by atoms with E-state index in [9.17, 15) is 4.79 Å². The summed E-state index contributed by atoms with van der Waals surface area (Å²) in [6.45, 7) is 6.45. The largest absolute Gasteiger partial charge is 0.466 e. The van der Waals surface area contributed by atoms with Crippen LogP contribution >= 0.6 is 0 Å². The zero-order valence-electron chi connectivity index (χ0n) is 15.1. The minimum Gasteiger partial charge on any atom is -0.466 e. The van der Waals surface area contributed by atoms with E-state index >= 15 is 0 Å². The number of methoxy groups -OCH3 is 1. The second kappa shape index (κ2) is 9.35. The number of rotatable bonds is 9. The molecule has 0 saturated heterocycles. The standard InChI is InChI=1S/C16H22N6O4/c1-5-17-11-8-12(18-10(2)3)20-16(19-11)26-14-7-6-13(21-22-14)25-9-15(23)24-4/h6-8,10H,5,9H2,1-4H3,(H2,17,18,19,20). The lowest BCUT2D eigenvalue weighted by molar-refractivity contribution is -0.143.